The lowest BCUT2D eigenvalue weighted by atomic mass is 9.76. The average Bonchev–Trinajstić information content (AvgIpc) is 2.62. The highest BCUT2D eigenvalue weighted by Gasteiger charge is 2.52. The van der Waals surface area contributed by atoms with Gasteiger partial charge in [-0.05, 0) is 19.3 Å². The van der Waals surface area contributed by atoms with Crippen molar-refractivity contribution in [2.75, 3.05) is 6.61 Å². The topological polar surface area (TPSA) is 53.2 Å². The van der Waals surface area contributed by atoms with E-state index in [1.165, 1.54) is 0 Å². The summed E-state index contributed by atoms with van der Waals surface area (Å²) in [6.07, 6.45) is 2.98. The van der Waals surface area contributed by atoms with Crippen LogP contribution in [0.15, 0.2) is 0 Å². The first-order chi connectivity index (χ1) is 5.30. The van der Waals surface area contributed by atoms with Gasteiger partial charge in [0.05, 0.1) is 24.9 Å². The van der Waals surface area contributed by atoms with E-state index in [2.05, 4.69) is 6.07 Å². The van der Waals surface area contributed by atoms with Crippen LogP contribution in [0.2, 0.25) is 0 Å². The van der Waals surface area contributed by atoms with E-state index in [9.17, 15) is 0 Å². The first-order valence-corrected chi connectivity index (χ1v) is 3.98. The summed E-state index contributed by atoms with van der Waals surface area (Å²) >= 11 is 0. The number of aliphatic hydroxyl groups excluding tert-OH is 1. The molecule has 1 N–H and O–H groups in total. The zero-order chi connectivity index (χ0) is 7.90. The summed E-state index contributed by atoms with van der Waals surface area (Å²) in [6, 6.07) is 2.18. The molecule has 2 heterocycles. The molecule has 2 fully saturated rings. The maximum atomic E-state index is 9.04. The van der Waals surface area contributed by atoms with Gasteiger partial charge in [0.15, 0.2) is 0 Å². The smallest absolute Gasteiger partial charge is 0.109 e. The lowest BCUT2D eigenvalue weighted by molar-refractivity contribution is 0.0554. The molecule has 2 bridgehead atoms. The Morgan fingerprint density at radius 3 is 2.73 bits per heavy atom. The molecule has 0 amide bonds. The van der Waals surface area contributed by atoms with Crippen molar-refractivity contribution in [1.29, 1.82) is 5.26 Å². The molecule has 11 heavy (non-hydrogen) atoms. The van der Waals surface area contributed by atoms with Crippen molar-refractivity contribution in [2.24, 2.45) is 5.41 Å². The number of ether oxygens (including phenoxy) is 1. The highest BCUT2D eigenvalue weighted by Crippen LogP contribution is 2.46. The second-order valence-corrected chi connectivity index (χ2v) is 3.45. The molecule has 3 heteroatoms. The predicted octanol–water partition coefficient (Wildman–Crippen LogP) is 0.440. The van der Waals surface area contributed by atoms with Gasteiger partial charge in [-0.15, -0.1) is 0 Å². The summed E-state index contributed by atoms with van der Waals surface area (Å²) < 4.78 is 5.49. The number of nitriles is 1. The van der Waals surface area contributed by atoms with Crippen molar-refractivity contribution >= 4 is 0 Å². The lowest BCUT2D eigenvalue weighted by Crippen LogP contribution is -2.34. The Bertz CT molecular complexity index is 211. The van der Waals surface area contributed by atoms with Gasteiger partial charge in [-0.25, -0.2) is 0 Å². The fourth-order valence-corrected chi connectivity index (χ4v) is 2.12. The van der Waals surface area contributed by atoms with Gasteiger partial charge in [-0.1, -0.05) is 0 Å². The van der Waals surface area contributed by atoms with Crippen LogP contribution in [0.4, 0.5) is 0 Å². The van der Waals surface area contributed by atoms with Gasteiger partial charge in [-0.3, -0.25) is 0 Å². The van der Waals surface area contributed by atoms with Gasteiger partial charge < -0.3 is 9.84 Å². The third-order valence-corrected chi connectivity index (χ3v) is 2.82. The van der Waals surface area contributed by atoms with Gasteiger partial charge in [0, 0.05) is 0 Å². The largest absolute Gasteiger partial charge is 0.395 e. The average molecular weight is 153 g/mol. The first-order valence-electron chi connectivity index (χ1n) is 3.98. The van der Waals surface area contributed by atoms with Crippen LogP contribution in [-0.2, 0) is 4.74 Å². The number of fused-ring (bicyclic) bond motifs is 2. The number of rotatable bonds is 1. The van der Waals surface area contributed by atoms with Crippen molar-refractivity contribution in [1.82, 2.24) is 0 Å². The van der Waals surface area contributed by atoms with Crippen molar-refractivity contribution in [3.05, 3.63) is 0 Å². The molecule has 60 valence electrons. The van der Waals surface area contributed by atoms with Crippen LogP contribution in [0.5, 0.6) is 0 Å². The second-order valence-electron chi connectivity index (χ2n) is 3.45. The maximum absolute atomic E-state index is 9.04. The molecule has 0 saturated carbocycles. The van der Waals surface area contributed by atoms with Crippen LogP contribution in [0.3, 0.4) is 0 Å². The van der Waals surface area contributed by atoms with Crippen LogP contribution in [0.1, 0.15) is 19.3 Å². The molecule has 0 aromatic rings. The number of aliphatic hydroxyl groups is 1. The van der Waals surface area contributed by atoms with Crippen molar-refractivity contribution < 1.29 is 9.84 Å². The Balaban J connectivity index is 2.22. The molecular weight excluding hydrogens is 142 g/mol. The molecule has 3 nitrogen and oxygen atoms in total. The zero-order valence-electron chi connectivity index (χ0n) is 6.29. The molecule has 2 rings (SSSR count). The molecule has 0 aliphatic carbocycles. The minimum atomic E-state index is -0.567. The summed E-state index contributed by atoms with van der Waals surface area (Å²) in [7, 11) is 0. The van der Waals surface area contributed by atoms with Gasteiger partial charge in [0.1, 0.15) is 5.41 Å². The first kappa shape index (κ1) is 7.08. The van der Waals surface area contributed by atoms with Gasteiger partial charge in [0.25, 0.3) is 0 Å². The van der Waals surface area contributed by atoms with E-state index in [-0.39, 0.29) is 18.8 Å². The highest BCUT2D eigenvalue weighted by molar-refractivity contribution is 5.12. The third-order valence-electron chi connectivity index (χ3n) is 2.82. The molecule has 0 spiro atoms. The third kappa shape index (κ3) is 0.800. The monoisotopic (exact) mass is 153 g/mol. The van der Waals surface area contributed by atoms with Crippen LogP contribution in [0, 0.1) is 16.7 Å². The normalized spacial score (nSPS) is 47.6. The molecular formula is C8H11NO2. The van der Waals surface area contributed by atoms with Crippen LogP contribution in [0.25, 0.3) is 0 Å². The molecule has 3 unspecified atom stereocenters. The number of hydrogen-bond donors (Lipinski definition) is 1. The van der Waals surface area contributed by atoms with Gasteiger partial charge in [-0.2, -0.15) is 5.26 Å². The Morgan fingerprint density at radius 2 is 2.45 bits per heavy atom. The SMILES string of the molecule is N#CC1(CO)CC2CCC1O2. The van der Waals surface area contributed by atoms with Crippen LogP contribution in [-0.4, -0.2) is 23.9 Å². The summed E-state index contributed by atoms with van der Waals surface area (Å²) in [4.78, 5) is 0. The van der Waals surface area contributed by atoms with Crippen LogP contribution >= 0.6 is 0 Å². The Morgan fingerprint density at radius 1 is 1.64 bits per heavy atom. The minimum absolute atomic E-state index is 0.00231. The van der Waals surface area contributed by atoms with Crippen molar-refractivity contribution in [3.8, 4) is 6.07 Å². The number of hydrogen-bond acceptors (Lipinski definition) is 3. The van der Waals surface area contributed by atoms with E-state index in [0.29, 0.717) is 0 Å². The quantitative estimate of drug-likeness (QED) is 0.594. The maximum Gasteiger partial charge on any atom is 0.109 e. The fourth-order valence-electron chi connectivity index (χ4n) is 2.12. The summed E-state index contributed by atoms with van der Waals surface area (Å²) in [5.74, 6) is 0. The Labute approximate surface area is 65.6 Å². The van der Waals surface area contributed by atoms with Gasteiger partial charge in [0.2, 0.25) is 0 Å². The molecule has 2 saturated heterocycles. The summed E-state index contributed by atoms with van der Waals surface area (Å²) in [5, 5.41) is 17.9. The lowest BCUT2D eigenvalue weighted by Gasteiger charge is -2.25. The standard InChI is InChI=1S/C8H11NO2/c9-4-8(5-10)3-6-1-2-7(8)11-6/h6-7,10H,1-3,5H2. The van der Waals surface area contributed by atoms with Crippen molar-refractivity contribution in [3.63, 3.8) is 0 Å². The Kier molecular flexibility index (Phi) is 1.41. The van der Waals surface area contributed by atoms with Crippen LogP contribution < -0.4 is 0 Å². The zero-order valence-corrected chi connectivity index (χ0v) is 6.29. The number of nitrogens with zero attached hydrogens (tertiary/aromatic N) is 1. The molecule has 3 atom stereocenters. The summed E-state index contributed by atoms with van der Waals surface area (Å²) in [6.45, 7) is -0.0509. The van der Waals surface area contributed by atoms with E-state index in [1.807, 2.05) is 0 Å². The van der Waals surface area contributed by atoms with E-state index >= 15 is 0 Å². The molecule has 0 aromatic carbocycles. The minimum Gasteiger partial charge on any atom is -0.395 e. The predicted molar refractivity (Wildman–Crippen MR) is 37.6 cm³/mol. The molecule has 0 aromatic heterocycles. The van der Waals surface area contributed by atoms with Gasteiger partial charge >= 0.3 is 0 Å². The van der Waals surface area contributed by atoms with E-state index in [4.69, 9.17) is 15.1 Å². The van der Waals surface area contributed by atoms with E-state index < -0.39 is 5.41 Å². The summed E-state index contributed by atoms with van der Waals surface area (Å²) in [5.41, 5.74) is -0.567. The molecule has 0 radical (unpaired) electrons. The fraction of sp³-hybridized carbons (Fsp3) is 0.875. The van der Waals surface area contributed by atoms with E-state index in [1.54, 1.807) is 0 Å². The molecule has 2 aliphatic heterocycles. The highest BCUT2D eigenvalue weighted by atomic mass is 16.5. The molecule has 2 aliphatic rings. The second kappa shape index (κ2) is 2.20. The van der Waals surface area contributed by atoms with E-state index in [0.717, 1.165) is 19.3 Å². The Hall–Kier alpha value is -0.590. The van der Waals surface area contributed by atoms with Crippen molar-refractivity contribution in [2.45, 2.75) is 31.5 Å².